The number of benzene rings is 9. The topological polar surface area (TPSA) is 9.86 Å². The summed E-state index contributed by atoms with van der Waals surface area (Å²) in [6.45, 7) is 0. The molecule has 2 nitrogen and oxygen atoms in total. The van der Waals surface area contributed by atoms with E-state index in [0.29, 0.717) is 0 Å². The second-order valence-electron chi connectivity index (χ2n) is 14.1. The van der Waals surface area contributed by atoms with E-state index in [2.05, 4.69) is 191 Å². The second kappa shape index (κ2) is 10.3. The molecule has 0 spiro atoms. The fourth-order valence-corrected chi connectivity index (χ4v) is 9.23. The predicted octanol–water partition coefficient (Wildman–Crippen LogP) is 13.5. The molecule has 1 aliphatic carbocycles. The average molecular weight is 659 g/mol. The van der Waals surface area contributed by atoms with Crippen molar-refractivity contribution in [3.05, 3.63) is 182 Å². The van der Waals surface area contributed by atoms with Gasteiger partial charge in [-0.15, -0.1) is 0 Å². The van der Waals surface area contributed by atoms with Crippen molar-refractivity contribution in [1.29, 1.82) is 0 Å². The summed E-state index contributed by atoms with van der Waals surface area (Å²) >= 11 is 0. The molecule has 0 atom stereocenters. The molecule has 12 rings (SSSR count). The van der Waals surface area contributed by atoms with Gasteiger partial charge in [0.2, 0.25) is 0 Å². The van der Waals surface area contributed by atoms with E-state index in [9.17, 15) is 0 Å². The number of nitrogens with zero attached hydrogens (tertiary/aromatic N) is 2. The van der Waals surface area contributed by atoms with Gasteiger partial charge in [0.05, 0.1) is 22.1 Å². The summed E-state index contributed by atoms with van der Waals surface area (Å²) in [6, 6.07) is 67.2. The highest BCUT2D eigenvalue weighted by molar-refractivity contribution is 6.29. The van der Waals surface area contributed by atoms with Crippen LogP contribution in [0.1, 0.15) is 0 Å². The van der Waals surface area contributed by atoms with Gasteiger partial charge >= 0.3 is 0 Å². The molecule has 1 aliphatic rings. The predicted molar refractivity (Wildman–Crippen MR) is 220 cm³/mol. The monoisotopic (exact) mass is 658 g/mol. The van der Waals surface area contributed by atoms with Gasteiger partial charge in [0, 0.05) is 38.3 Å². The number of rotatable bonds is 3. The van der Waals surface area contributed by atoms with Crippen LogP contribution in [0.2, 0.25) is 0 Å². The summed E-state index contributed by atoms with van der Waals surface area (Å²) in [4.78, 5) is 0. The lowest BCUT2D eigenvalue weighted by molar-refractivity contribution is 1.18. The molecule has 9 aromatic carbocycles. The molecule has 0 saturated carbocycles. The number of aromatic nitrogens is 2. The molecule has 0 unspecified atom stereocenters. The van der Waals surface area contributed by atoms with E-state index < -0.39 is 0 Å². The first kappa shape index (κ1) is 27.9. The lowest BCUT2D eigenvalue weighted by Gasteiger charge is -2.13. The minimum absolute atomic E-state index is 1.16. The van der Waals surface area contributed by atoms with E-state index in [-0.39, 0.29) is 0 Å². The normalized spacial score (nSPS) is 12.2. The van der Waals surface area contributed by atoms with Gasteiger partial charge in [0.15, 0.2) is 0 Å². The van der Waals surface area contributed by atoms with Crippen LogP contribution in [0.5, 0.6) is 0 Å². The Balaban J connectivity index is 1.21. The number of fused-ring (bicyclic) bond motifs is 12. The SMILES string of the molecule is c1ccc(-c2cccc(-n3c4c5ccccc5ccc4c4ccc5c(c6ccccc6n5-c5ccc6c(c5)-c5cccc7cccc-6c57)c43)c2)cc1. The van der Waals surface area contributed by atoms with Crippen molar-refractivity contribution in [3.8, 4) is 44.8 Å². The smallest absolute Gasteiger partial charge is 0.0641 e. The third-order valence-corrected chi connectivity index (χ3v) is 11.4. The Morgan fingerprint density at radius 1 is 0.288 bits per heavy atom. The standard InChI is InChI=1S/C50H30N2/c1-2-11-31(12-3-1)34-16-8-17-35(29-34)52-49-37-18-5-4-13-32(37)23-25-41(49)42-27-28-46-48(50(42)52)43-19-6-7-22-45(43)51(46)36-24-26-38-39-20-9-14-33-15-10-21-40(47(33)39)44(38)30-36/h1-30H. The zero-order valence-corrected chi connectivity index (χ0v) is 28.2. The molecule has 52 heavy (non-hydrogen) atoms. The van der Waals surface area contributed by atoms with Crippen LogP contribution in [-0.4, -0.2) is 9.13 Å². The van der Waals surface area contributed by atoms with Crippen LogP contribution >= 0.6 is 0 Å². The van der Waals surface area contributed by atoms with Crippen molar-refractivity contribution in [2.45, 2.75) is 0 Å². The molecule has 0 fully saturated rings. The highest BCUT2D eigenvalue weighted by atomic mass is 15.0. The number of para-hydroxylation sites is 1. The van der Waals surface area contributed by atoms with Crippen molar-refractivity contribution in [2.24, 2.45) is 0 Å². The van der Waals surface area contributed by atoms with E-state index in [1.807, 2.05) is 0 Å². The van der Waals surface area contributed by atoms with E-state index >= 15 is 0 Å². The maximum atomic E-state index is 2.54. The van der Waals surface area contributed by atoms with Gasteiger partial charge in [-0.05, 0) is 85.9 Å². The van der Waals surface area contributed by atoms with Gasteiger partial charge in [-0.25, -0.2) is 0 Å². The fraction of sp³-hybridized carbons (Fsp3) is 0. The van der Waals surface area contributed by atoms with Crippen LogP contribution in [0.25, 0.3) is 110 Å². The Kier molecular flexibility index (Phi) is 5.53. The summed E-state index contributed by atoms with van der Waals surface area (Å²) in [7, 11) is 0. The van der Waals surface area contributed by atoms with E-state index in [1.54, 1.807) is 0 Å². The van der Waals surface area contributed by atoms with Crippen LogP contribution in [0.4, 0.5) is 0 Å². The van der Waals surface area contributed by atoms with Crippen LogP contribution in [0.3, 0.4) is 0 Å². The molecule has 11 aromatic rings. The Labute approximate surface area is 300 Å². The Hall–Kier alpha value is -6.90. The largest absolute Gasteiger partial charge is 0.309 e. The maximum Gasteiger partial charge on any atom is 0.0641 e. The summed E-state index contributed by atoms with van der Waals surface area (Å²) in [6.07, 6.45) is 0. The molecule has 0 saturated heterocycles. The van der Waals surface area contributed by atoms with Gasteiger partial charge in [-0.1, -0.05) is 146 Å². The van der Waals surface area contributed by atoms with Gasteiger partial charge in [0.1, 0.15) is 0 Å². The molecule has 2 heteroatoms. The number of hydrogen-bond acceptors (Lipinski definition) is 0. The summed E-state index contributed by atoms with van der Waals surface area (Å²) < 4.78 is 5.02. The summed E-state index contributed by atoms with van der Waals surface area (Å²) in [5.41, 5.74) is 14.9. The zero-order chi connectivity index (χ0) is 33.9. The lowest BCUT2D eigenvalue weighted by atomic mass is 10.0. The maximum absolute atomic E-state index is 2.54. The molecule has 0 bridgehead atoms. The highest BCUT2D eigenvalue weighted by Crippen LogP contribution is 2.49. The molecule has 240 valence electrons. The first-order chi connectivity index (χ1) is 25.8. The molecule has 2 aromatic heterocycles. The molecule has 0 aliphatic heterocycles. The van der Waals surface area contributed by atoms with Gasteiger partial charge < -0.3 is 9.13 Å². The quantitative estimate of drug-likeness (QED) is 0.179. The van der Waals surface area contributed by atoms with Gasteiger partial charge in [-0.2, -0.15) is 0 Å². The van der Waals surface area contributed by atoms with Crippen LogP contribution in [0.15, 0.2) is 182 Å². The Morgan fingerprint density at radius 3 is 1.85 bits per heavy atom. The van der Waals surface area contributed by atoms with Crippen LogP contribution < -0.4 is 0 Å². The number of hydrogen-bond donors (Lipinski definition) is 0. The minimum atomic E-state index is 1.16. The van der Waals surface area contributed by atoms with Crippen molar-refractivity contribution in [1.82, 2.24) is 9.13 Å². The van der Waals surface area contributed by atoms with Crippen molar-refractivity contribution >= 4 is 65.2 Å². The third kappa shape index (κ3) is 3.68. The van der Waals surface area contributed by atoms with Crippen molar-refractivity contribution < 1.29 is 0 Å². The fourth-order valence-electron chi connectivity index (χ4n) is 9.23. The first-order valence-electron chi connectivity index (χ1n) is 18.0. The second-order valence-corrected chi connectivity index (χ2v) is 14.1. The molecule has 0 N–H and O–H groups in total. The minimum Gasteiger partial charge on any atom is -0.309 e. The molecule has 0 radical (unpaired) electrons. The zero-order valence-electron chi connectivity index (χ0n) is 28.2. The molecular weight excluding hydrogens is 629 g/mol. The van der Waals surface area contributed by atoms with Crippen molar-refractivity contribution in [3.63, 3.8) is 0 Å². The molecule has 2 heterocycles. The van der Waals surface area contributed by atoms with E-state index in [1.165, 1.54) is 104 Å². The van der Waals surface area contributed by atoms with Crippen LogP contribution in [-0.2, 0) is 0 Å². The molecular formula is C50H30N2. The van der Waals surface area contributed by atoms with E-state index in [4.69, 9.17) is 0 Å². The average Bonchev–Trinajstić information content (AvgIpc) is 3.85. The van der Waals surface area contributed by atoms with Crippen molar-refractivity contribution in [2.75, 3.05) is 0 Å². The van der Waals surface area contributed by atoms with Gasteiger partial charge in [-0.3, -0.25) is 0 Å². The van der Waals surface area contributed by atoms with E-state index in [0.717, 1.165) is 5.69 Å². The lowest BCUT2D eigenvalue weighted by Crippen LogP contribution is -1.96. The molecule has 0 amide bonds. The summed E-state index contributed by atoms with van der Waals surface area (Å²) in [5, 5.41) is 10.2. The Bertz CT molecular complexity index is 3280. The summed E-state index contributed by atoms with van der Waals surface area (Å²) in [5.74, 6) is 0. The highest BCUT2D eigenvalue weighted by Gasteiger charge is 2.25. The first-order valence-corrected chi connectivity index (χ1v) is 18.0. The van der Waals surface area contributed by atoms with Gasteiger partial charge in [0.25, 0.3) is 0 Å². The third-order valence-electron chi connectivity index (χ3n) is 11.4. The Morgan fingerprint density at radius 2 is 0.962 bits per heavy atom. The van der Waals surface area contributed by atoms with Crippen LogP contribution in [0, 0.1) is 0 Å².